The molecule has 0 fully saturated rings. The topological polar surface area (TPSA) is 75.4 Å². The van der Waals surface area contributed by atoms with E-state index in [-0.39, 0.29) is 10.9 Å². The van der Waals surface area contributed by atoms with Gasteiger partial charge in [0.1, 0.15) is 0 Å². The summed E-state index contributed by atoms with van der Waals surface area (Å²) in [4.78, 5) is 2.26. The van der Waals surface area contributed by atoms with Gasteiger partial charge in [0, 0.05) is 19.6 Å². The largest absolute Gasteiger partial charge is 0.397 e. The highest BCUT2D eigenvalue weighted by Crippen LogP contribution is 2.28. The molecule has 1 rings (SSSR count). The minimum Gasteiger partial charge on any atom is -0.397 e. The summed E-state index contributed by atoms with van der Waals surface area (Å²) in [6.45, 7) is 8.45. The molecular formula is C14H25N3O2S. The molecule has 0 aliphatic rings. The number of nitrogen functional groups attached to an aromatic ring is 1. The van der Waals surface area contributed by atoms with Gasteiger partial charge in [-0.05, 0) is 31.0 Å². The average molecular weight is 299 g/mol. The Hall–Kier alpha value is -1.27. The summed E-state index contributed by atoms with van der Waals surface area (Å²) in [5.74, 6) is 0.438. The van der Waals surface area contributed by atoms with E-state index in [2.05, 4.69) is 25.5 Å². The van der Waals surface area contributed by atoms with Crippen LogP contribution in [0, 0.1) is 5.92 Å². The summed E-state index contributed by atoms with van der Waals surface area (Å²) in [6, 6.07) is 5.06. The van der Waals surface area contributed by atoms with Crippen LogP contribution in [0.4, 0.5) is 11.4 Å². The molecule has 5 nitrogen and oxygen atoms in total. The first-order chi connectivity index (χ1) is 9.20. The summed E-state index contributed by atoms with van der Waals surface area (Å²) in [5.41, 5.74) is 7.31. The zero-order valence-corrected chi connectivity index (χ0v) is 13.7. The third-order valence-corrected chi connectivity index (χ3v) is 5.15. The van der Waals surface area contributed by atoms with Gasteiger partial charge in [0.05, 0.1) is 16.3 Å². The van der Waals surface area contributed by atoms with E-state index in [1.807, 2.05) is 11.9 Å². The number of hydrogen-bond acceptors (Lipinski definition) is 4. The van der Waals surface area contributed by atoms with Crippen LogP contribution in [0.5, 0.6) is 0 Å². The zero-order valence-electron chi connectivity index (χ0n) is 12.8. The normalized spacial score (nSPS) is 13.5. The second-order valence-corrected chi connectivity index (χ2v) is 7.08. The molecule has 0 heterocycles. The van der Waals surface area contributed by atoms with E-state index in [1.165, 1.54) is 6.07 Å². The Morgan fingerprint density at radius 2 is 1.90 bits per heavy atom. The number of hydrogen-bond donors (Lipinski definition) is 2. The van der Waals surface area contributed by atoms with E-state index < -0.39 is 10.0 Å². The van der Waals surface area contributed by atoms with Crippen LogP contribution in [0.1, 0.15) is 27.7 Å². The number of nitrogens with zero attached hydrogens (tertiary/aromatic N) is 1. The van der Waals surface area contributed by atoms with Crippen LogP contribution in [0.3, 0.4) is 0 Å². The molecule has 1 atom stereocenters. The van der Waals surface area contributed by atoms with Crippen LogP contribution >= 0.6 is 0 Å². The van der Waals surface area contributed by atoms with Crippen LogP contribution in [0.2, 0.25) is 0 Å². The predicted molar refractivity (Wildman–Crippen MR) is 84.4 cm³/mol. The molecule has 0 spiro atoms. The van der Waals surface area contributed by atoms with Crippen LogP contribution in [-0.2, 0) is 10.0 Å². The van der Waals surface area contributed by atoms with Gasteiger partial charge in [-0.15, -0.1) is 0 Å². The van der Waals surface area contributed by atoms with E-state index in [1.54, 1.807) is 19.1 Å². The van der Waals surface area contributed by atoms with Gasteiger partial charge in [-0.3, -0.25) is 0 Å². The number of nitrogens with one attached hydrogen (secondary N) is 1. The van der Waals surface area contributed by atoms with Crippen molar-refractivity contribution in [3.63, 3.8) is 0 Å². The van der Waals surface area contributed by atoms with Crippen molar-refractivity contribution in [3.05, 3.63) is 18.2 Å². The number of anilines is 2. The fourth-order valence-electron chi connectivity index (χ4n) is 1.94. The Kier molecular flexibility index (Phi) is 5.42. The Morgan fingerprint density at radius 1 is 1.30 bits per heavy atom. The first-order valence-corrected chi connectivity index (χ1v) is 8.31. The molecule has 0 aliphatic carbocycles. The van der Waals surface area contributed by atoms with Gasteiger partial charge in [-0.1, -0.05) is 20.8 Å². The van der Waals surface area contributed by atoms with Gasteiger partial charge in [-0.2, -0.15) is 0 Å². The first-order valence-electron chi connectivity index (χ1n) is 6.82. The van der Waals surface area contributed by atoms with Gasteiger partial charge in [0.15, 0.2) is 0 Å². The average Bonchev–Trinajstić information content (AvgIpc) is 2.37. The van der Waals surface area contributed by atoms with Crippen molar-refractivity contribution in [1.82, 2.24) is 4.72 Å². The maximum Gasteiger partial charge on any atom is 0.240 e. The van der Waals surface area contributed by atoms with Crippen LogP contribution in [0.25, 0.3) is 0 Å². The second-order valence-electron chi connectivity index (χ2n) is 5.32. The van der Waals surface area contributed by atoms with Crippen LogP contribution in [-0.4, -0.2) is 28.1 Å². The molecule has 0 saturated heterocycles. The number of benzene rings is 1. The van der Waals surface area contributed by atoms with Crippen molar-refractivity contribution in [3.8, 4) is 0 Å². The molecule has 0 aromatic heterocycles. The molecule has 1 unspecified atom stereocenters. The fraction of sp³-hybridized carbons (Fsp3) is 0.571. The standard InChI is InChI=1S/C14H25N3O2S/c1-6-16-20(18,19)12-7-8-13(15)14(9-12)17(5)11(4)10(2)3/h7-11,16H,6,15H2,1-5H3. The molecular weight excluding hydrogens is 274 g/mol. The lowest BCUT2D eigenvalue weighted by Gasteiger charge is -2.31. The minimum atomic E-state index is -3.46. The molecule has 114 valence electrons. The molecule has 3 N–H and O–H groups in total. The van der Waals surface area contributed by atoms with E-state index in [0.29, 0.717) is 18.2 Å². The highest BCUT2D eigenvalue weighted by atomic mass is 32.2. The first kappa shape index (κ1) is 16.8. The van der Waals surface area contributed by atoms with Crippen LogP contribution in [0.15, 0.2) is 23.1 Å². The number of nitrogens with two attached hydrogens (primary N) is 1. The van der Waals surface area contributed by atoms with Crippen LogP contribution < -0.4 is 15.4 Å². The van der Waals surface area contributed by atoms with E-state index in [4.69, 9.17) is 5.73 Å². The molecule has 6 heteroatoms. The van der Waals surface area contributed by atoms with Gasteiger partial charge < -0.3 is 10.6 Å². The second kappa shape index (κ2) is 6.45. The number of sulfonamides is 1. The minimum absolute atomic E-state index is 0.242. The van der Waals surface area contributed by atoms with Gasteiger partial charge >= 0.3 is 0 Å². The smallest absolute Gasteiger partial charge is 0.240 e. The van der Waals surface area contributed by atoms with Crippen molar-refractivity contribution in [2.45, 2.75) is 38.6 Å². The zero-order chi connectivity index (χ0) is 15.5. The van der Waals surface area contributed by atoms with Crippen molar-refractivity contribution < 1.29 is 8.42 Å². The Bertz CT molecular complexity index is 556. The molecule has 0 radical (unpaired) electrons. The van der Waals surface area contributed by atoms with Crippen molar-refractivity contribution >= 4 is 21.4 Å². The lowest BCUT2D eigenvalue weighted by molar-refractivity contribution is 0.505. The molecule has 0 amide bonds. The van der Waals surface area contributed by atoms with Crippen molar-refractivity contribution in [1.29, 1.82) is 0 Å². The van der Waals surface area contributed by atoms with Gasteiger partial charge in [0.25, 0.3) is 0 Å². The lowest BCUT2D eigenvalue weighted by atomic mass is 10.0. The summed E-state index contributed by atoms with van der Waals surface area (Å²) in [5, 5.41) is 0. The van der Waals surface area contributed by atoms with E-state index in [9.17, 15) is 8.42 Å². The Morgan fingerprint density at radius 3 is 2.40 bits per heavy atom. The SMILES string of the molecule is CCNS(=O)(=O)c1ccc(N)c(N(C)C(C)C(C)C)c1. The lowest BCUT2D eigenvalue weighted by Crippen LogP contribution is -2.34. The highest BCUT2D eigenvalue weighted by Gasteiger charge is 2.19. The Balaban J connectivity index is 3.22. The molecule has 0 aliphatic heterocycles. The summed E-state index contributed by atoms with van der Waals surface area (Å²) in [6.07, 6.45) is 0. The van der Waals surface area contributed by atoms with Crippen molar-refractivity contribution in [2.24, 2.45) is 5.92 Å². The van der Waals surface area contributed by atoms with Gasteiger partial charge in [0.2, 0.25) is 10.0 Å². The maximum atomic E-state index is 12.1. The van der Waals surface area contributed by atoms with E-state index >= 15 is 0 Å². The molecule has 1 aromatic carbocycles. The predicted octanol–water partition coefficient (Wildman–Crippen LogP) is 2.05. The number of rotatable bonds is 6. The third-order valence-electron chi connectivity index (χ3n) is 3.60. The molecule has 20 heavy (non-hydrogen) atoms. The summed E-state index contributed by atoms with van der Waals surface area (Å²) >= 11 is 0. The molecule has 0 bridgehead atoms. The quantitative estimate of drug-likeness (QED) is 0.788. The molecule has 1 aromatic rings. The van der Waals surface area contributed by atoms with Crippen molar-refractivity contribution in [2.75, 3.05) is 24.2 Å². The third kappa shape index (κ3) is 3.64. The fourth-order valence-corrected chi connectivity index (χ4v) is 3.00. The van der Waals surface area contributed by atoms with Gasteiger partial charge in [-0.25, -0.2) is 13.1 Å². The Labute approximate surface area is 122 Å². The summed E-state index contributed by atoms with van der Waals surface area (Å²) < 4.78 is 26.6. The maximum absolute atomic E-state index is 12.1. The summed E-state index contributed by atoms with van der Waals surface area (Å²) in [7, 11) is -1.53. The highest BCUT2D eigenvalue weighted by molar-refractivity contribution is 7.89. The monoisotopic (exact) mass is 299 g/mol. The van der Waals surface area contributed by atoms with E-state index in [0.717, 1.165) is 5.69 Å². The molecule has 0 saturated carbocycles.